The number of fused-ring (bicyclic) bond motifs is 6. The number of benzene rings is 7. The van der Waals surface area contributed by atoms with Crippen LogP contribution in [0.2, 0.25) is 0 Å². The number of hydrogen-bond acceptors (Lipinski definition) is 2. The number of rotatable bonds is 3. The summed E-state index contributed by atoms with van der Waals surface area (Å²) in [5.74, 6) is 0. The Labute approximate surface area is 328 Å². The third-order valence-electron chi connectivity index (χ3n) is 12.5. The van der Waals surface area contributed by atoms with Crippen molar-refractivity contribution in [1.82, 2.24) is 0 Å². The Morgan fingerprint density at radius 1 is 0.455 bits per heavy atom. The summed E-state index contributed by atoms with van der Waals surface area (Å²) < 4.78 is 0. The molecule has 3 aliphatic heterocycles. The normalized spacial score (nSPS) is 14.9. The molecule has 3 aliphatic rings. The molecule has 0 bridgehead atoms. The first kappa shape index (κ1) is 34.0. The van der Waals surface area contributed by atoms with Gasteiger partial charge in [-0.3, -0.25) is 0 Å². The van der Waals surface area contributed by atoms with Gasteiger partial charge < -0.3 is 9.80 Å². The smallest absolute Gasteiger partial charge is 0.252 e. The summed E-state index contributed by atoms with van der Waals surface area (Å²) in [6.07, 6.45) is 0. The lowest BCUT2D eigenvalue weighted by Crippen LogP contribution is -2.79. The molecule has 0 atom stereocenters. The Morgan fingerprint density at radius 2 is 1.04 bits per heavy atom. The van der Waals surface area contributed by atoms with E-state index in [2.05, 4.69) is 216 Å². The van der Waals surface area contributed by atoms with Gasteiger partial charge in [0.05, 0.1) is 0 Å². The van der Waals surface area contributed by atoms with Crippen LogP contribution in [0.1, 0.15) is 58.2 Å². The van der Waals surface area contributed by atoms with Crippen molar-refractivity contribution in [2.45, 2.75) is 59.3 Å². The Bertz CT molecular complexity index is 2600. The highest BCUT2D eigenvalue weighted by atomic mass is 28.3. The van der Waals surface area contributed by atoms with E-state index in [1.165, 1.54) is 87.9 Å². The lowest BCUT2D eigenvalue weighted by atomic mass is 9.33. The molecule has 4 heteroatoms. The van der Waals surface area contributed by atoms with Crippen molar-refractivity contribution >= 4 is 86.0 Å². The fourth-order valence-corrected chi connectivity index (χ4v) is 15.0. The molecule has 0 radical (unpaired) electrons. The van der Waals surface area contributed by atoms with Gasteiger partial charge in [-0.1, -0.05) is 163 Å². The SMILES string of the molecule is Cc1ccc2c(c1)N(c1ccc(C(C)(C)C)cc1)c1cc(C(C)(C)C)cc3c1B2c1cccc2c1N3c1ccccc1[Si]2(c1ccccc1)c1ccccc1. The van der Waals surface area contributed by atoms with Crippen LogP contribution in [0.15, 0.2) is 158 Å². The summed E-state index contributed by atoms with van der Waals surface area (Å²) in [5, 5.41) is 5.73. The van der Waals surface area contributed by atoms with E-state index >= 15 is 0 Å². The first-order valence-electron chi connectivity index (χ1n) is 19.8. The Hall–Kier alpha value is -5.58. The van der Waals surface area contributed by atoms with Gasteiger partial charge >= 0.3 is 0 Å². The highest BCUT2D eigenvalue weighted by Crippen LogP contribution is 2.47. The van der Waals surface area contributed by atoms with Crippen molar-refractivity contribution in [2.24, 2.45) is 0 Å². The molecule has 0 aliphatic carbocycles. The molecule has 7 aromatic rings. The van der Waals surface area contributed by atoms with Crippen LogP contribution >= 0.6 is 0 Å². The van der Waals surface area contributed by atoms with Crippen LogP contribution in [0, 0.1) is 6.92 Å². The van der Waals surface area contributed by atoms with Gasteiger partial charge in [0.2, 0.25) is 0 Å². The summed E-state index contributed by atoms with van der Waals surface area (Å²) >= 11 is 0. The van der Waals surface area contributed by atoms with E-state index in [-0.39, 0.29) is 17.5 Å². The predicted octanol–water partition coefficient (Wildman–Crippen LogP) is 8.36. The molecular weight excluding hydrogens is 679 g/mol. The fourth-order valence-electron chi connectivity index (χ4n) is 9.82. The Kier molecular flexibility index (Phi) is 7.38. The molecule has 55 heavy (non-hydrogen) atoms. The van der Waals surface area contributed by atoms with Crippen molar-refractivity contribution in [3.63, 3.8) is 0 Å². The van der Waals surface area contributed by atoms with E-state index in [9.17, 15) is 0 Å². The largest absolute Gasteiger partial charge is 0.312 e. The molecule has 0 spiro atoms. The van der Waals surface area contributed by atoms with Gasteiger partial charge in [-0.15, -0.1) is 0 Å². The molecule has 0 fully saturated rings. The Balaban J connectivity index is 1.35. The van der Waals surface area contributed by atoms with E-state index in [0.717, 1.165) is 0 Å². The standard InChI is InChI=1S/C51H47BN2Si/c1-34-25-30-40-43(31-34)53(37-28-26-35(27-29-37)50(2,3)4)44-32-36(51(5,6)7)33-45-48(44)52(40)41-21-16-24-47-49(41)54(45)42-22-14-15-23-46(42)55(47,38-17-10-8-11-18-38)39-19-12-9-13-20-39/h8-33H,1-7H3. The monoisotopic (exact) mass is 726 g/mol. The van der Waals surface area contributed by atoms with Gasteiger partial charge in [0.25, 0.3) is 6.71 Å². The number of para-hydroxylation sites is 2. The average molecular weight is 727 g/mol. The van der Waals surface area contributed by atoms with Gasteiger partial charge in [-0.2, -0.15) is 0 Å². The third-order valence-corrected chi connectivity index (χ3v) is 17.3. The van der Waals surface area contributed by atoms with Gasteiger partial charge in [0.1, 0.15) is 0 Å². The number of nitrogens with zero attached hydrogens (tertiary/aromatic N) is 2. The second-order valence-corrected chi connectivity index (χ2v) is 21.6. The van der Waals surface area contributed by atoms with Crippen LogP contribution in [0.25, 0.3) is 0 Å². The molecule has 10 rings (SSSR count). The molecule has 0 aromatic heterocycles. The van der Waals surface area contributed by atoms with Crippen LogP contribution in [0.5, 0.6) is 0 Å². The van der Waals surface area contributed by atoms with Crippen LogP contribution in [-0.2, 0) is 10.8 Å². The zero-order valence-corrected chi connectivity index (χ0v) is 34.0. The third kappa shape index (κ3) is 4.87. The first-order valence-corrected chi connectivity index (χ1v) is 21.8. The molecule has 7 aromatic carbocycles. The van der Waals surface area contributed by atoms with E-state index < -0.39 is 8.07 Å². The minimum atomic E-state index is -2.78. The van der Waals surface area contributed by atoms with Gasteiger partial charge in [0.15, 0.2) is 8.07 Å². The van der Waals surface area contributed by atoms with Crippen molar-refractivity contribution in [3.05, 3.63) is 174 Å². The van der Waals surface area contributed by atoms with Crippen LogP contribution in [0.4, 0.5) is 34.1 Å². The second-order valence-electron chi connectivity index (χ2n) is 17.9. The first-order chi connectivity index (χ1) is 26.5. The lowest BCUT2D eigenvalue weighted by molar-refractivity contribution is 0.590. The molecule has 0 saturated carbocycles. The topological polar surface area (TPSA) is 6.48 Å². The van der Waals surface area contributed by atoms with E-state index in [1.54, 1.807) is 0 Å². The van der Waals surface area contributed by atoms with E-state index in [4.69, 9.17) is 0 Å². The molecule has 0 unspecified atom stereocenters. The summed E-state index contributed by atoms with van der Waals surface area (Å²) in [6.45, 7) is 16.3. The summed E-state index contributed by atoms with van der Waals surface area (Å²) in [5.41, 5.74) is 15.8. The second kappa shape index (κ2) is 12.0. The Morgan fingerprint density at radius 3 is 1.67 bits per heavy atom. The average Bonchev–Trinajstić information content (AvgIpc) is 3.18. The fraction of sp³-hybridized carbons (Fsp3) is 0.176. The zero-order valence-electron chi connectivity index (χ0n) is 33.0. The molecule has 0 N–H and O–H groups in total. The summed E-state index contributed by atoms with van der Waals surface area (Å²) in [6, 6.07) is 60.9. The van der Waals surface area contributed by atoms with Crippen LogP contribution < -0.4 is 46.9 Å². The quantitative estimate of drug-likeness (QED) is 0.169. The number of anilines is 6. The van der Waals surface area contributed by atoms with Crippen molar-refractivity contribution < 1.29 is 0 Å². The van der Waals surface area contributed by atoms with E-state index in [0.29, 0.717) is 0 Å². The maximum absolute atomic E-state index is 2.78. The van der Waals surface area contributed by atoms with Gasteiger partial charge in [0, 0.05) is 34.1 Å². The molecule has 0 amide bonds. The molecule has 0 saturated heterocycles. The lowest BCUT2D eigenvalue weighted by Gasteiger charge is -2.51. The molecule has 3 heterocycles. The molecule has 268 valence electrons. The van der Waals surface area contributed by atoms with Crippen LogP contribution in [-0.4, -0.2) is 14.8 Å². The summed E-state index contributed by atoms with van der Waals surface area (Å²) in [4.78, 5) is 5.23. The molecule has 2 nitrogen and oxygen atoms in total. The van der Waals surface area contributed by atoms with Crippen LogP contribution in [0.3, 0.4) is 0 Å². The van der Waals surface area contributed by atoms with Gasteiger partial charge in [-0.25, -0.2) is 0 Å². The van der Waals surface area contributed by atoms with Crippen molar-refractivity contribution in [2.75, 3.05) is 9.80 Å². The van der Waals surface area contributed by atoms with E-state index in [1.807, 2.05) is 0 Å². The maximum atomic E-state index is 2.67. The van der Waals surface area contributed by atoms with Crippen molar-refractivity contribution in [1.29, 1.82) is 0 Å². The minimum absolute atomic E-state index is 0.0721. The highest BCUT2D eigenvalue weighted by Gasteiger charge is 2.53. The van der Waals surface area contributed by atoms with Crippen molar-refractivity contribution in [3.8, 4) is 0 Å². The molecular formula is C51H47BN2Si. The summed E-state index contributed by atoms with van der Waals surface area (Å²) in [7, 11) is -2.78. The number of aryl methyl sites for hydroxylation is 1. The van der Waals surface area contributed by atoms with Gasteiger partial charge in [-0.05, 0) is 108 Å². The predicted molar refractivity (Wildman–Crippen MR) is 240 cm³/mol. The zero-order chi connectivity index (χ0) is 37.9. The number of hydrogen-bond donors (Lipinski definition) is 0. The highest BCUT2D eigenvalue weighted by molar-refractivity contribution is 7.22. The minimum Gasteiger partial charge on any atom is -0.312 e. The maximum Gasteiger partial charge on any atom is 0.252 e.